The molecule has 0 radical (unpaired) electrons. The van der Waals surface area contributed by atoms with Crippen LogP contribution in [0.2, 0.25) is 0 Å². The van der Waals surface area contributed by atoms with Gasteiger partial charge in [-0.05, 0) is 31.2 Å². The Morgan fingerprint density at radius 2 is 1.65 bits per heavy atom. The molecule has 124 valence electrons. The minimum absolute atomic E-state index is 0.185. The third-order valence-electron chi connectivity index (χ3n) is 3.81. The number of benzene rings is 2. The first-order valence-corrected chi connectivity index (χ1v) is 8.00. The summed E-state index contributed by atoms with van der Waals surface area (Å²) in [6.45, 7) is 7.55. The van der Waals surface area contributed by atoms with E-state index in [1.54, 1.807) is 6.92 Å². The summed E-state index contributed by atoms with van der Waals surface area (Å²) in [5.74, 6) is 0.569. The van der Waals surface area contributed by atoms with Gasteiger partial charge in [-0.3, -0.25) is 4.79 Å². The van der Waals surface area contributed by atoms with Gasteiger partial charge in [0.1, 0.15) is 24.0 Å². The van der Waals surface area contributed by atoms with Crippen molar-refractivity contribution in [3.05, 3.63) is 42.5 Å². The Kier molecular flexibility index (Phi) is 5.61. The zero-order valence-corrected chi connectivity index (χ0v) is 14.2. The average molecular weight is 315 g/mol. The van der Waals surface area contributed by atoms with Gasteiger partial charge < -0.3 is 15.2 Å². The van der Waals surface area contributed by atoms with E-state index in [2.05, 4.69) is 0 Å². The van der Waals surface area contributed by atoms with E-state index >= 15 is 0 Å². The molecule has 0 fully saturated rings. The lowest BCUT2D eigenvalue weighted by molar-refractivity contribution is -0.155. The van der Waals surface area contributed by atoms with Crippen LogP contribution in [0, 0.1) is 5.92 Å². The molecule has 0 amide bonds. The molecule has 0 saturated heterocycles. The molecule has 0 unspecified atom stereocenters. The molecular weight excluding hydrogens is 290 g/mol. The second-order valence-corrected chi connectivity index (χ2v) is 6.23. The van der Waals surface area contributed by atoms with Gasteiger partial charge >= 0.3 is 5.97 Å². The maximum Gasteiger partial charge on any atom is 0.323 e. The molecule has 0 saturated carbocycles. The standard InChI is InChI=1S/C19H25NO3/c1-12(2)18(14(4)22-19(21)13(3)20)23-17-11-7-9-15-8-5-6-10-16(15)17/h5-14,18H,20H2,1-4H3/t13-,14-,18-/m0/s1. The van der Waals surface area contributed by atoms with Crippen LogP contribution in [-0.4, -0.2) is 24.2 Å². The van der Waals surface area contributed by atoms with Crippen molar-refractivity contribution in [2.24, 2.45) is 11.7 Å². The molecule has 4 heteroatoms. The van der Waals surface area contributed by atoms with Crippen LogP contribution >= 0.6 is 0 Å². The molecule has 0 bridgehead atoms. The summed E-state index contributed by atoms with van der Waals surface area (Å²) in [6, 6.07) is 13.4. The van der Waals surface area contributed by atoms with E-state index in [0.717, 1.165) is 16.5 Å². The molecule has 2 aromatic rings. The van der Waals surface area contributed by atoms with E-state index in [4.69, 9.17) is 15.2 Å². The van der Waals surface area contributed by atoms with Gasteiger partial charge in [0.05, 0.1) is 0 Å². The van der Waals surface area contributed by atoms with Gasteiger partial charge in [0.15, 0.2) is 0 Å². The molecule has 2 aromatic carbocycles. The van der Waals surface area contributed by atoms with Gasteiger partial charge in [0, 0.05) is 5.39 Å². The molecule has 3 atom stereocenters. The van der Waals surface area contributed by atoms with Crippen LogP contribution in [0.5, 0.6) is 5.75 Å². The molecule has 0 aliphatic carbocycles. The third kappa shape index (κ3) is 4.23. The second kappa shape index (κ2) is 7.47. The van der Waals surface area contributed by atoms with E-state index < -0.39 is 12.0 Å². The summed E-state index contributed by atoms with van der Waals surface area (Å²) in [5, 5.41) is 2.17. The van der Waals surface area contributed by atoms with Crippen LogP contribution in [0.4, 0.5) is 0 Å². The molecule has 2 N–H and O–H groups in total. The van der Waals surface area contributed by atoms with Crippen LogP contribution in [0.15, 0.2) is 42.5 Å². The number of esters is 1. The highest BCUT2D eigenvalue weighted by Crippen LogP contribution is 2.28. The van der Waals surface area contributed by atoms with Crippen molar-refractivity contribution in [2.45, 2.75) is 45.9 Å². The number of nitrogens with two attached hydrogens (primary N) is 1. The van der Waals surface area contributed by atoms with Gasteiger partial charge in [-0.15, -0.1) is 0 Å². The van der Waals surface area contributed by atoms with E-state index in [1.165, 1.54) is 0 Å². The normalized spacial score (nSPS) is 15.2. The third-order valence-corrected chi connectivity index (χ3v) is 3.81. The molecule has 23 heavy (non-hydrogen) atoms. The number of ether oxygens (including phenoxy) is 2. The van der Waals surface area contributed by atoms with Crippen molar-refractivity contribution in [1.29, 1.82) is 0 Å². The van der Waals surface area contributed by atoms with E-state index in [1.807, 2.05) is 63.2 Å². The Hall–Kier alpha value is -2.07. The first kappa shape index (κ1) is 17.3. The van der Waals surface area contributed by atoms with Crippen LogP contribution in [-0.2, 0) is 9.53 Å². The number of carbonyl (C=O) groups is 1. The van der Waals surface area contributed by atoms with Crippen LogP contribution in [0.1, 0.15) is 27.7 Å². The summed E-state index contributed by atoms with van der Waals surface area (Å²) < 4.78 is 11.6. The highest BCUT2D eigenvalue weighted by molar-refractivity contribution is 5.88. The molecular formula is C19H25NO3. The van der Waals surface area contributed by atoms with Gasteiger partial charge in [0.25, 0.3) is 0 Å². The number of fused-ring (bicyclic) bond motifs is 1. The monoisotopic (exact) mass is 315 g/mol. The van der Waals surface area contributed by atoms with Crippen molar-refractivity contribution in [3.8, 4) is 5.75 Å². The summed E-state index contributed by atoms with van der Waals surface area (Å²) in [4.78, 5) is 11.7. The van der Waals surface area contributed by atoms with Crippen molar-refractivity contribution < 1.29 is 14.3 Å². The lowest BCUT2D eigenvalue weighted by Gasteiger charge is -2.29. The summed E-state index contributed by atoms with van der Waals surface area (Å²) >= 11 is 0. The quantitative estimate of drug-likeness (QED) is 0.829. The first-order chi connectivity index (χ1) is 10.9. The largest absolute Gasteiger partial charge is 0.486 e. The fourth-order valence-electron chi connectivity index (χ4n) is 2.58. The zero-order chi connectivity index (χ0) is 17.0. The minimum Gasteiger partial charge on any atom is -0.486 e. The number of rotatable bonds is 6. The maximum absolute atomic E-state index is 11.7. The highest BCUT2D eigenvalue weighted by Gasteiger charge is 2.27. The molecule has 0 spiro atoms. The fraction of sp³-hybridized carbons (Fsp3) is 0.421. The predicted molar refractivity (Wildman–Crippen MR) is 92.4 cm³/mol. The second-order valence-electron chi connectivity index (χ2n) is 6.23. The minimum atomic E-state index is -0.636. The predicted octanol–water partition coefficient (Wildman–Crippen LogP) is 3.52. The summed E-state index contributed by atoms with van der Waals surface area (Å²) in [5.41, 5.74) is 5.57. The Morgan fingerprint density at radius 3 is 2.30 bits per heavy atom. The Bertz CT molecular complexity index is 661. The number of hydrogen-bond donors (Lipinski definition) is 1. The topological polar surface area (TPSA) is 61.5 Å². The van der Waals surface area contributed by atoms with Crippen LogP contribution in [0.25, 0.3) is 10.8 Å². The van der Waals surface area contributed by atoms with Crippen molar-refractivity contribution in [1.82, 2.24) is 0 Å². The van der Waals surface area contributed by atoms with Gasteiger partial charge in [-0.1, -0.05) is 50.2 Å². The van der Waals surface area contributed by atoms with Gasteiger partial charge in [-0.2, -0.15) is 0 Å². The molecule has 0 aromatic heterocycles. The fourth-order valence-corrected chi connectivity index (χ4v) is 2.58. The molecule has 0 aliphatic rings. The molecule has 4 nitrogen and oxygen atoms in total. The van der Waals surface area contributed by atoms with E-state index in [-0.39, 0.29) is 18.1 Å². The van der Waals surface area contributed by atoms with E-state index in [9.17, 15) is 4.79 Å². The van der Waals surface area contributed by atoms with Gasteiger partial charge in [-0.25, -0.2) is 0 Å². The molecule has 0 aliphatic heterocycles. The number of carbonyl (C=O) groups excluding carboxylic acids is 1. The number of hydrogen-bond acceptors (Lipinski definition) is 4. The average Bonchev–Trinajstić information content (AvgIpc) is 2.52. The van der Waals surface area contributed by atoms with Crippen LogP contribution in [0.3, 0.4) is 0 Å². The smallest absolute Gasteiger partial charge is 0.323 e. The van der Waals surface area contributed by atoms with Crippen molar-refractivity contribution >= 4 is 16.7 Å². The molecule has 0 heterocycles. The Morgan fingerprint density at radius 1 is 1.00 bits per heavy atom. The van der Waals surface area contributed by atoms with E-state index in [0.29, 0.717) is 0 Å². The van der Waals surface area contributed by atoms with Crippen LogP contribution < -0.4 is 10.5 Å². The zero-order valence-electron chi connectivity index (χ0n) is 14.2. The van der Waals surface area contributed by atoms with Crippen molar-refractivity contribution in [2.75, 3.05) is 0 Å². The highest BCUT2D eigenvalue weighted by atomic mass is 16.6. The Balaban J connectivity index is 2.23. The maximum atomic E-state index is 11.7. The van der Waals surface area contributed by atoms with Crippen molar-refractivity contribution in [3.63, 3.8) is 0 Å². The Labute approximate surface area is 137 Å². The SMILES string of the molecule is CC(C)[C@H](Oc1cccc2ccccc12)[C@H](C)OC(=O)[C@H](C)N. The lowest BCUT2D eigenvalue weighted by Crippen LogP contribution is -2.41. The summed E-state index contributed by atoms with van der Waals surface area (Å²) in [6.07, 6.45) is -0.629. The first-order valence-electron chi connectivity index (χ1n) is 8.00. The lowest BCUT2D eigenvalue weighted by atomic mass is 10.0. The summed E-state index contributed by atoms with van der Waals surface area (Å²) in [7, 11) is 0. The molecule has 2 rings (SSSR count). The van der Waals surface area contributed by atoms with Gasteiger partial charge in [0.2, 0.25) is 0 Å².